The van der Waals surface area contributed by atoms with E-state index in [9.17, 15) is 9.59 Å². The largest absolute Gasteiger partial charge is 0.460 e. The Morgan fingerprint density at radius 2 is 2.29 bits per heavy atom. The van der Waals surface area contributed by atoms with Crippen LogP contribution in [0.15, 0.2) is 27.4 Å². The second-order valence-corrected chi connectivity index (χ2v) is 3.47. The van der Waals surface area contributed by atoms with E-state index in [4.69, 9.17) is 14.3 Å². The summed E-state index contributed by atoms with van der Waals surface area (Å²) in [5.74, 6) is -1.03. The summed E-state index contributed by atoms with van der Waals surface area (Å²) in [6, 6.07) is 4.55. The van der Waals surface area contributed by atoms with E-state index in [1.165, 1.54) is 22.8 Å². The molecule has 1 heterocycles. The molecule has 0 fully saturated rings. The van der Waals surface area contributed by atoms with Crippen molar-refractivity contribution in [2.45, 2.75) is 0 Å². The van der Waals surface area contributed by atoms with Crippen molar-refractivity contribution in [3.8, 4) is 0 Å². The van der Waals surface area contributed by atoms with Crippen LogP contribution in [0.25, 0.3) is 11.1 Å². The summed E-state index contributed by atoms with van der Waals surface area (Å²) in [7, 11) is 1.55. The molecule has 17 heavy (non-hydrogen) atoms. The number of nitrogens with zero attached hydrogens (tertiary/aromatic N) is 1. The monoisotopic (exact) mass is 237 g/mol. The highest BCUT2D eigenvalue weighted by Crippen LogP contribution is 2.14. The fourth-order valence-electron chi connectivity index (χ4n) is 1.48. The summed E-state index contributed by atoms with van der Waals surface area (Å²) in [5.41, 5.74) is 1.24. The van der Waals surface area contributed by atoms with Gasteiger partial charge >= 0.3 is 11.7 Å². The zero-order valence-electron chi connectivity index (χ0n) is 9.17. The van der Waals surface area contributed by atoms with E-state index in [0.717, 1.165) is 0 Å². The van der Waals surface area contributed by atoms with Crippen LogP contribution >= 0.6 is 0 Å². The van der Waals surface area contributed by atoms with Crippen molar-refractivity contribution < 1.29 is 19.1 Å². The van der Waals surface area contributed by atoms with Crippen molar-refractivity contribution in [1.29, 1.82) is 0 Å². The summed E-state index contributed by atoms with van der Waals surface area (Å²) < 4.78 is 11.0. The highest BCUT2D eigenvalue weighted by atomic mass is 16.5. The summed E-state index contributed by atoms with van der Waals surface area (Å²) in [6.07, 6.45) is 0. The zero-order chi connectivity index (χ0) is 12.4. The first kappa shape index (κ1) is 11.4. The maximum absolute atomic E-state index is 11.5. The number of rotatable bonds is 3. The van der Waals surface area contributed by atoms with Crippen LogP contribution in [0.3, 0.4) is 0 Å². The molecule has 6 heteroatoms. The molecule has 0 saturated carbocycles. The second-order valence-electron chi connectivity index (χ2n) is 3.47. The summed E-state index contributed by atoms with van der Waals surface area (Å²) >= 11 is 0. The van der Waals surface area contributed by atoms with Crippen LogP contribution < -0.4 is 5.76 Å². The van der Waals surface area contributed by atoms with Gasteiger partial charge in [0.1, 0.15) is 6.61 Å². The molecule has 1 N–H and O–H groups in total. The highest BCUT2D eigenvalue weighted by Gasteiger charge is 2.11. The van der Waals surface area contributed by atoms with Crippen molar-refractivity contribution >= 4 is 17.1 Å². The normalized spacial score (nSPS) is 10.7. The molecule has 0 saturated heterocycles. The lowest BCUT2D eigenvalue weighted by molar-refractivity contribution is 0.0434. The minimum atomic E-state index is -0.547. The van der Waals surface area contributed by atoms with Crippen LogP contribution in [-0.4, -0.2) is 28.9 Å². The van der Waals surface area contributed by atoms with Crippen molar-refractivity contribution in [2.75, 3.05) is 13.2 Å². The molecule has 6 nitrogen and oxygen atoms in total. The molecule has 0 aliphatic rings. The molecular weight excluding hydrogens is 226 g/mol. The van der Waals surface area contributed by atoms with E-state index in [-0.39, 0.29) is 13.2 Å². The Kier molecular flexibility index (Phi) is 2.97. The van der Waals surface area contributed by atoms with E-state index in [1.54, 1.807) is 7.05 Å². The first-order valence-electron chi connectivity index (χ1n) is 5.01. The lowest BCUT2D eigenvalue weighted by Crippen LogP contribution is -2.10. The van der Waals surface area contributed by atoms with Crippen molar-refractivity contribution in [2.24, 2.45) is 7.05 Å². The van der Waals surface area contributed by atoms with Crippen molar-refractivity contribution in [3.05, 3.63) is 34.3 Å². The van der Waals surface area contributed by atoms with Gasteiger partial charge in [-0.15, -0.1) is 0 Å². The van der Waals surface area contributed by atoms with Gasteiger partial charge in [-0.3, -0.25) is 4.57 Å². The average Bonchev–Trinajstić information content (AvgIpc) is 2.62. The number of aryl methyl sites for hydroxylation is 1. The lowest BCUT2D eigenvalue weighted by Gasteiger charge is -2.02. The molecule has 0 spiro atoms. The highest BCUT2D eigenvalue weighted by molar-refractivity contribution is 5.93. The van der Waals surface area contributed by atoms with Gasteiger partial charge in [0.2, 0.25) is 0 Å². The predicted molar refractivity (Wildman–Crippen MR) is 58.8 cm³/mol. The van der Waals surface area contributed by atoms with Gasteiger partial charge in [-0.05, 0) is 18.2 Å². The maximum atomic E-state index is 11.5. The van der Waals surface area contributed by atoms with E-state index in [2.05, 4.69) is 0 Å². The third kappa shape index (κ3) is 2.07. The third-order valence-corrected chi connectivity index (χ3v) is 2.35. The molecule has 0 aliphatic carbocycles. The van der Waals surface area contributed by atoms with Gasteiger partial charge in [-0.25, -0.2) is 9.59 Å². The van der Waals surface area contributed by atoms with Crippen molar-refractivity contribution in [1.82, 2.24) is 4.57 Å². The molecule has 2 aromatic rings. The number of esters is 1. The third-order valence-electron chi connectivity index (χ3n) is 2.35. The molecule has 0 atom stereocenters. The number of carbonyl (C=O) groups excluding carboxylic acids is 1. The molecule has 1 aromatic heterocycles. The quantitative estimate of drug-likeness (QED) is 0.775. The molecule has 0 aliphatic heterocycles. The summed E-state index contributed by atoms with van der Waals surface area (Å²) in [6.45, 7) is -0.278. The molecule has 0 radical (unpaired) electrons. The van der Waals surface area contributed by atoms with E-state index in [1.807, 2.05) is 0 Å². The Balaban J connectivity index is 2.40. The number of hydrogen-bond donors (Lipinski definition) is 1. The van der Waals surface area contributed by atoms with Gasteiger partial charge in [-0.2, -0.15) is 0 Å². The first-order valence-corrected chi connectivity index (χ1v) is 5.01. The van der Waals surface area contributed by atoms with Gasteiger partial charge in [0.05, 0.1) is 17.7 Å². The standard InChI is InChI=1S/C11H11NO5/c1-12-8-6-7(10(14)16-5-4-13)2-3-9(8)17-11(12)15/h2-3,6,13H,4-5H2,1H3. The number of aromatic nitrogens is 1. The molecule has 0 unspecified atom stereocenters. The minimum absolute atomic E-state index is 0.0544. The number of hydrogen-bond acceptors (Lipinski definition) is 5. The van der Waals surface area contributed by atoms with Crippen molar-refractivity contribution in [3.63, 3.8) is 0 Å². The van der Waals surface area contributed by atoms with E-state index >= 15 is 0 Å². The van der Waals surface area contributed by atoms with Crippen LogP contribution in [0.4, 0.5) is 0 Å². The number of aliphatic hydroxyl groups excluding tert-OH is 1. The van der Waals surface area contributed by atoms with Gasteiger partial charge in [0.25, 0.3) is 0 Å². The lowest BCUT2D eigenvalue weighted by atomic mass is 10.2. The Morgan fingerprint density at radius 1 is 1.53 bits per heavy atom. The smallest absolute Gasteiger partial charge is 0.419 e. The summed E-state index contributed by atoms with van der Waals surface area (Å²) in [4.78, 5) is 22.8. The number of aliphatic hydroxyl groups is 1. The number of oxazole rings is 1. The number of benzene rings is 1. The van der Waals surface area contributed by atoms with Crippen LogP contribution in [0.5, 0.6) is 0 Å². The molecule has 2 rings (SSSR count). The average molecular weight is 237 g/mol. The van der Waals surface area contributed by atoms with Gasteiger partial charge < -0.3 is 14.3 Å². The number of carbonyl (C=O) groups is 1. The molecular formula is C11H11NO5. The Morgan fingerprint density at radius 3 is 3.00 bits per heavy atom. The fraction of sp³-hybridized carbons (Fsp3) is 0.273. The Hall–Kier alpha value is -2.08. The number of ether oxygens (including phenoxy) is 1. The zero-order valence-corrected chi connectivity index (χ0v) is 9.17. The van der Waals surface area contributed by atoms with E-state index < -0.39 is 11.7 Å². The van der Waals surface area contributed by atoms with Crippen LogP contribution in [0, 0.1) is 0 Å². The first-order chi connectivity index (χ1) is 8.13. The second kappa shape index (κ2) is 4.42. The Labute approximate surface area is 96.0 Å². The fourth-order valence-corrected chi connectivity index (χ4v) is 1.48. The SMILES string of the molecule is Cn1c(=O)oc2ccc(C(=O)OCCO)cc21. The topological polar surface area (TPSA) is 81.7 Å². The molecule has 90 valence electrons. The maximum Gasteiger partial charge on any atom is 0.419 e. The summed E-state index contributed by atoms with van der Waals surface area (Å²) in [5, 5.41) is 8.54. The van der Waals surface area contributed by atoms with Gasteiger partial charge in [0.15, 0.2) is 5.58 Å². The molecule has 1 aromatic carbocycles. The van der Waals surface area contributed by atoms with Gasteiger partial charge in [-0.1, -0.05) is 0 Å². The number of fused-ring (bicyclic) bond motifs is 1. The molecule has 0 bridgehead atoms. The molecule has 0 amide bonds. The van der Waals surface area contributed by atoms with Crippen LogP contribution in [-0.2, 0) is 11.8 Å². The van der Waals surface area contributed by atoms with Gasteiger partial charge in [0, 0.05) is 7.05 Å². The van der Waals surface area contributed by atoms with Crippen LogP contribution in [0.1, 0.15) is 10.4 Å². The predicted octanol–water partition coefficient (Wildman–Crippen LogP) is 0.281. The van der Waals surface area contributed by atoms with Crippen LogP contribution in [0.2, 0.25) is 0 Å². The minimum Gasteiger partial charge on any atom is -0.460 e. The van der Waals surface area contributed by atoms with E-state index in [0.29, 0.717) is 16.7 Å². The Bertz CT molecular complexity index is 610.